The number of carbonyl (C=O) groups excluding carboxylic acids is 1. The first-order chi connectivity index (χ1) is 15.7. The molecule has 2 fully saturated rings. The largest absolute Gasteiger partial charge is 0.300 e. The third kappa shape index (κ3) is 5.57. The van der Waals surface area contributed by atoms with E-state index < -0.39 is 0 Å². The summed E-state index contributed by atoms with van der Waals surface area (Å²) < 4.78 is 0. The molecule has 5 nitrogen and oxygen atoms in total. The zero-order chi connectivity index (χ0) is 22.2. The number of rotatable bonds is 8. The second-order valence-electron chi connectivity index (χ2n) is 9.37. The number of pyridine rings is 1. The average molecular weight is 435 g/mol. The van der Waals surface area contributed by atoms with Crippen molar-refractivity contribution < 1.29 is 4.79 Å². The Balaban J connectivity index is 1.43. The highest BCUT2D eigenvalue weighted by atomic mass is 16.2. The summed E-state index contributed by atoms with van der Waals surface area (Å²) in [7, 11) is 0. The fourth-order valence-electron chi connectivity index (χ4n) is 5.46. The van der Waals surface area contributed by atoms with Gasteiger partial charge >= 0.3 is 0 Å². The molecule has 1 aromatic heterocycles. The summed E-state index contributed by atoms with van der Waals surface area (Å²) in [6.07, 6.45) is 9.60. The summed E-state index contributed by atoms with van der Waals surface area (Å²) in [5, 5.41) is 0. The molecule has 0 bridgehead atoms. The lowest BCUT2D eigenvalue weighted by Crippen LogP contribution is -2.62. The summed E-state index contributed by atoms with van der Waals surface area (Å²) in [6.45, 7) is 8.24. The van der Waals surface area contributed by atoms with Crippen LogP contribution in [0, 0.1) is 0 Å². The minimum Gasteiger partial charge on any atom is -0.300 e. The fourth-order valence-corrected chi connectivity index (χ4v) is 5.46. The minimum atomic E-state index is 0.0755. The van der Waals surface area contributed by atoms with E-state index in [0.717, 1.165) is 51.5 Å². The van der Waals surface area contributed by atoms with E-state index in [1.165, 1.54) is 37.7 Å². The van der Waals surface area contributed by atoms with Gasteiger partial charge in [-0.25, -0.2) is 4.98 Å². The first kappa shape index (κ1) is 22.9. The van der Waals surface area contributed by atoms with Crippen LogP contribution in [0.4, 0.5) is 5.82 Å². The lowest BCUT2D eigenvalue weighted by Gasteiger charge is -2.51. The minimum absolute atomic E-state index is 0.0755. The Hall–Kier alpha value is -2.24. The Kier molecular flexibility index (Phi) is 7.93. The van der Waals surface area contributed by atoms with E-state index in [-0.39, 0.29) is 11.4 Å². The van der Waals surface area contributed by atoms with Gasteiger partial charge in [-0.05, 0) is 37.0 Å². The Morgan fingerprint density at radius 3 is 2.34 bits per heavy atom. The Morgan fingerprint density at radius 1 is 0.969 bits per heavy atom. The number of aromatic nitrogens is 1. The normalized spacial score (nSPS) is 19.5. The van der Waals surface area contributed by atoms with Gasteiger partial charge < -0.3 is 4.90 Å². The van der Waals surface area contributed by atoms with Gasteiger partial charge in [0.05, 0.1) is 0 Å². The second kappa shape index (κ2) is 11.1. The van der Waals surface area contributed by atoms with Crippen LogP contribution in [0.5, 0.6) is 0 Å². The monoisotopic (exact) mass is 434 g/mol. The number of piperazine rings is 1. The molecule has 1 aromatic carbocycles. The predicted molar refractivity (Wildman–Crippen MR) is 131 cm³/mol. The van der Waals surface area contributed by atoms with Crippen LogP contribution < -0.4 is 4.90 Å². The SMILES string of the molecule is CCC(=O)N(CC1(N2CCN(CCc3ccccc3)CC2)CCCCC1)c1ccccn1. The Morgan fingerprint density at radius 2 is 1.69 bits per heavy atom. The fraction of sp³-hybridized carbons (Fsp3) is 0.556. The zero-order valence-electron chi connectivity index (χ0n) is 19.6. The number of hydrogen-bond acceptors (Lipinski definition) is 4. The number of carbonyl (C=O) groups is 1. The number of anilines is 1. The maximum absolute atomic E-state index is 12.9. The maximum Gasteiger partial charge on any atom is 0.227 e. The van der Waals surface area contributed by atoms with Crippen LogP contribution >= 0.6 is 0 Å². The van der Waals surface area contributed by atoms with Gasteiger partial charge in [0.2, 0.25) is 5.91 Å². The summed E-state index contributed by atoms with van der Waals surface area (Å²) in [5.41, 5.74) is 1.49. The van der Waals surface area contributed by atoms with Crippen molar-refractivity contribution in [1.82, 2.24) is 14.8 Å². The first-order valence-electron chi connectivity index (χ1n) is 12.4. The van der Waals surface area contributed by atoms with Crippen LogP contribution in [0.15, 0.2) is 54.7 Å². The van der Waals surface area contributed by atoms with Crippen molar-refractivity contribution >= 4 is 11.7 Å². The molecule has 0 atom stereocenters. The summed E-state index contributed by atoms with van der Waals surface area (Å²) >= 11 is 0. The van der Waals surface area contributed by atoms with Crippen LogP contribution in [0.25, 0.3) is 0 Å². The maximum atomic E-state index is 12.9. The molecule has 1 aliphatic carbocycles. The highest BCUT2D eigenvalue weighted by molar-refractivity contribution is 5.92. The van der Waals surface area contributed by atoms with Gasteiger partial charge in [0.1, 0.15) is 5.82 Å². The van der Waals surface area contributed by atoms with Gasteiger partial charge in [-0.1, -0.05) is 62.6 Å². The van der Waals surface area contributed by atoms with Crippen LogP contribution in [-0.2, 0) is 11.2 Å². The molecule has 0 radical (unpaired) electrons. The first-order valence-corrected chi connectivity index (χ1v) is 12.4. The molecule has 2 aliphatic rings. The van der Waals surface area contributed by atoms with Crippen LogP contribution in [-0.4, -0.2) is 65.5 Å². The van der Waals surface area contributed by atoms with E-state index in [1.807, 2.05) is 30.0 Å². The summed E-state index contributed by atoms with van der Waals surface area (Å²) in [6, 6.07) is 16.7. The molecule has 1 saturated carbocycles. The van der Waals surface area contributed by atoms with Gasteiger partial charge in [0.15, 0.2) is 0 Å². The van der Waals surface area contributed by atoms with Crippen molar-refractivity contribution in [1.29, 1.82) is 0 Å². The molecule has 2 heterocycles. The van der Waals surface area contributed by atoms with Crippen LogP contribution in [0.1, 0.15) is 51.0 Å². The molecule has 2 aromatic rings. The van der Waals surface area contributed by atoms with Gasteiger partial charge in [-0.2, -0.15) is 0 Å². The van der Waals surface area contributed by atoms with Crippen molar-refractivity contribution in [2.24, 2.45) is 0 Å². The standard InChI is InChI=1S/C27H38N4O/c1-2-26(32)31(25-13-7-10-17-28-25)23-27(15-8-4-9-16-27)30-21-19-29(20-22-30)18-14-24-11-5-3-6-12-24/h3,5-7,10-13,17H,2,4,8-9,14-16,18-23H2,1H3. The predicted octanol–water partition coefficient (Wildman–Crippen LogP) is 4.39. The van der Waals surface area contributed by atoms with Gasteiger partial charge in [0, 0.05) is 57.4 Å². The van der Waals surface area contributed by atoms with E-state index >= 15 is 0 Å². The molecule has 0 N–H and O–H groups in total. The lowest BCUT2D eigenvalue weighted by molar-refractivity contribution is -0.119. The molecule has 0 spiro atoms. The number of amides is 1. The smallest absolute Gasteiger partial charge is 0.227 e. The van der Waals surface area contributed by atoms with Crippen molar-refractivity contribution in [3.05, 3.63) is 60.3 Å². The molecule has 4 rings (SSSR count). The number of benzene rings is 1. The van der Waals surface area contributed by atoms with Crippen LogP contribution in [0.3, 0.4) is 0 Å². The van der Waals surface area contributed by atoms with E-state index in [1.54, 1.807) is 6.20 Å². The van der Waals surface area contributed by atoms with Crippen molar-refractivity contribution in [3.63, 3.8) is 0 Å². The Bertz CT molecular complexity index is 827. The highest BCUT2D eigenvalue weighted by Crippen LogP contribution is 2.36. The lowest BCUT2D eigenvalue weighted by atomic mass is 9.79. The van der Waals surface area contributed by atoms with Gasteiger partial charge in [-0.3, -0.25) is 14.6 Å². The number of nitrogens with zero attached hydrogens (tertiary/aromatic N) is 4. The average Bonchev–Trinajstić information content (AvgIpc) is 2.87. The summed E-state index contributed by atoms with van der Waals surface area (Å²) in [4.78, 5) is 24.8. The molecule has 32 heavy (non-hydrogen) atoms. The molecule has 1 aliphatic heterocycles. The number of hydrogen-bond donors (Lipinski definition) is 0. The van der Waals surface area contributed by atoms with Crippen molar-refractivity contribution in [2.75, 3.05) is 44.2 Å². The van der Waals surface area contributed by atoms with Crippen molar-refractivity contribution in [2.45, 2.75) is 57.4 Å². The highest BCUT2D eigenvalue weighted by Gasteiger charge is 2.41. The zero-order valence-corrected chi connectivity index (χ0v) is 19.6. The van der Waals surface area contributed by atoms with E-state index in [2.05, 4.69) is 45.1 Å². The topological polar surface area (TPSA) is 39.7 Å². The Labute approximate surface area is 193 Å². The van der Waals surface area contributed by atoms with E-state index in [9.17, 15) is 4.79 Å². The molecule has 172 valence electrons. The third-order valence-electron chi connectivity index (χ3n) is 7.37. The van der Waals surface area contributed by atoms with E-state index in [0.29, 0.717) is 6.42 Å². The molecule has 1 saturated heterocycles. The van der Waals surface area contributed by atoms with E-state index in [4.69, 9.17) is 0 Å². The quantitative estimate of drug-likeness (QED) is 0.618. The second-order valence-corrected chi connectivity index (χ2v) is 9.37. The molecule has 1 amide bonds. The van der Waals surface area contributed by atoms with Gasteiger partial charge in [0.25, 0.3) is 0 Å². The molecular weight excluding hydrogens is 396 g/mol. The van der Waals surface area contributed by atoms with Crippen molar-refractivity contribution in [3.8, 4) is 0 Å². The van der Waals surface area contributed by atoms with Crippen LogP contribution in [0.2, 0.25) is 0 Å². The molecule has 0 unspecified atom stereocenters. The molecular formula is C27H38N4O. The summed E-state index contributed by atoms with van der Waals surface area (Å²) in [5.74, 6) is 0.973. The third-order valence-corrected chi connectivity index (χ3v) is 7.37. The van der Waals surface area contributed by atoms with Gasteiger partial charge in [-0.15, -0.1) is 0 Å². The molecule has 5 heteroatoms.